The summed E-state index contributed by atoms with van der Waals surface area (Å²) in [6.45, 7) is 4.69. The van der Waals surface area contributed by atoms with Gasteiger partial charge in [-0.2, -0.15) is 0 Å². The maximum absolute atomic E-state index is 14.7. The van der Waals surface area contributed by atoms with Gasteiger partial charge in [0.1, 0.15) is 27.6 Å². The molecule has 1 aromatic heterocycles. The zero-order chi connectivity index (χ0) is 22.1. The molecule has 2 aromatic rings. The molecule has 2 heterocycles. The highest BCUT2D eigenvalue weighted by Crippen LogP contribution is 2.59. The minimum atomic E-state index is -3.66. The van der Waals surface area contributed by atoms with Crippen LogP contribution in [0.4, 0.5) is 10.1 Å². The second kappa shape index (κ2) is 6.49. The van der Waals surface area contributed by atoms with Gasteiger partial charge in [0.25, 0.3) is 5.91 Å². The van der Waals surface area contributed by atoms with Crippen molar-refractivity contribution in [2.45, 2.75) is 42.7 Å². The van der Waals surface area contributed by atoms with Gasteiger partial charge in [-0.05, 0) is 57.0 Å². The molecule has 2 aliphatic rings. The minimum Gasteiger partial charge on any atom is -0.386 e. The third-order valence-corrected chi connectivity index (χ3v) is 8.99. The molecular weight excluding hydrogens is 431 g/mol. The number of nitrogens with zero attached hydrogens (tertiary/aromatic N) is 2. The lowest BCUT2D eigenvalue weighted by molar-refractivity contribution is 0.102. The number of amides is 1. The zero-order valence-corrected chi connectivity index (χ0v) is 18.1. The molecule has 0 spiro atoms. The second-order valence-corrected chi connectivity index (χ2v) is 11.3. The van der Waals surface area contributed by atoms with Crippen molar-refractivity contribution >= 4 is 38.9 Å². The smallest absolute Gasteiger partial charge is 0.274 e. The highest BCUT2D eigenvalue weighted by molar-refractivity contribution is 7.94. The van der Waals surface area contributed by atoms with Gasteiger partial charge in [-0.3, -0.25) is 9.79 Å². The Morgan fingerprint density at radius 1 is 1.33 bits per heavy atom. The van der Waals surface area contributed by atoms with E-state index >= 15 is 0 Å². The molecule has 158 valence electrons. The van der Waals surface area contributed by atoms with Crippen molar-refractivity contribution in [3.05, 3.63) is 58.1 Å². The van der Waals surface area contributed by atoms with Gasteiger partial charge in [-0.1, -0.05) is 11.6 Å². The monoisotopic (exact) mass is 450 g/mol. The number of carbonyl (C=O) groups excluding carboxylic acids is 1. The molecule has 1 fully saturated rings. The SMILES string of the molecule is Cc1cc(Cl)cnc1C(=O)Nc1ccc(F)c([C@]23C[C@H]2S(=O)(=O)C(C)(C)C(N)=N3)c1. The Morgan fingerprint density at radius 3 is 2.70 bits per heavy atom. The summed E-state index contributed by atoms with van der Waals surface area (Å²) in [5, 5.41) is 2.22. The van der Waals surface area contributed by atoms with Crippen LogP contribution in [-0.4, -0.2) is 35.1 Å². The number of carbonyl (C=O) groups is 1. The molecule has 0 radical (unpaired) electrons. The molecule has 7 nitrogen and oxygen atoms in total. The summed E-state index contributed by atoms with van der Waals surface area (Å²) in [7, 11) is -3.66. The van der Waals surface area contributed by atoms with Crippen molar-refractivity contribution < 1.29 is 17.6 Å². The molecule has 1 aliphatic carbocycles. The lowest BCUT2D eigenvalue weighted by Crippen LogP contribution is -2.51. The van der Waals surface area contributed by atoms with Crippen LogP contribution in [0.25, 0.3) is 0 Å². The lowest BCUT2D eigenvalue weighted by atomic mass is 10.0. The van der Waals surface area contributed by atoms with Crippen LogP contribution in [0, 0.1) is 12.7 Å². The van der Waals surface area contributed by atoms with E-state index in [0.29, 0.717) is 16.3 Å². The number of aromatic nitrogens is 1. The van der Waals surface area contributed by atoms with Crippen LogP contribution >= 0.6 is 11.6 Å². The summed E-state index contributed by atoms with van der Waals surface area (Å²) in [5.74, 6) is -1.15. The molecule has 4 rings (SSSR count). The number of hydrogen-bond donors (Lipinski definition) is 2. The predicted octanol–water partition coefficient (Wildman–Crippen LogP) is 2.97. The molecular formula is C20H20ClFN4O3S. The van der Waals surface area contributed by atoms with Gasteiger partial charge in [-0.25, -0.2) is 17.8 Å². The molecule has 1 amide bonds. The molecule has 30 heavy (non-hydrogen) atoms. The van der Waals surface area contributed by atoms with Crippen LogP contribution < -0.4 is 11.1 Å². The number of amidine groups is 1. The summed E-state index contributed by atoms with van der Waals surface area (Å²) in [6.07, 6.45) is 1.51. The number of nitrogens with one attached hydrogen (secondary N) is 1. The number of rotatable bonds is 3. The number of anilines is 1. The van der Waals surface area contributed by atoms with Gasteiger partial charge in [0.05, 0.1) is 10.3 Å². The lowest BCUT2D eigenvalue weighted by Gasteiger charge is -2.31. The Kier molecular flexibility index (Phi) is 4.48. The van der Waals surface area contributed by atoms with Gasteiger partial charge < -0.3 is 11.1 Å². The molecule has 10 heteroatoms. The predicted molar refractivity (Wildman–Crippen MR) is 113 cm³/mol. The van der Waals surface area contributed by atoms with E-state index in [1.807, 2.05) is 0 Å². The Balaban J connectivity index is 1.71. The third kappa shape index (κ3) is 2.91. The summed E-state index contributed by atoms with van der Waals surface area (Å²) in [4.78, 5) is 21.0. The maximum Gasteiger partial charge on any atom is 0.274 e. The third-order valence-electron chi connectivity index (χ3n) is 5.84. The van der Waals surface area contributed by atoms with E-state index < -0.39 is 37.1 Å². The van der Waals surface area contributed by atoms with Gasteiger partial charge in [0, 0.05) is 17.4 Å². The van der Waals surface area contributed by atoms with Crippen molar-refractivity contribution in [3.63, 3.8) is 0 Å². The van der Waals surface area contributed by atoms with E-state index in [4.69, 9.17) is 17.3 Å². The highest BCUT2D eigenvalue weighted by atomic mass is 35.5. The average molecular weight is 451 g/mol. The van der Waals surface area contributed by atoms with Crippen LogP contribution in [0.1, 0.15) is 41.9 Å². The standard InChI is InChI=1S/C20H20ClFN4O3S/c1-10-6-11(21)9-24-16(10)17(27)25-12-4-5-14(22)13(7-12)20-8-15(20)30(28,29)19(2,3)18(23)26-20/h4-7,9,15H,8H2,1-3H3,(H2,23,26)(H,25,27)/t15-,20-/m1/s1. The maximum atomic E-state index is 14.7. The van der Waals surface area contributed by atoms with Crippen LogP contribution in [-0.2, 0) is 15.4 Å². The Morgan fingerprint density at radius 2 is 2.03 bits per heavy atom. The Bertz CT molecular complexity index is 1230. The van der Waals surface area contributed by atoms with Crippen LogP contribution in [0.2, 0.25) is 5.02 Å². The van der Waals surface area contributed by atoms with E-state index in [0.717, 1.165) is 0 Å². The van der Waals surface area contributed by atoms with E-state index in [1.54, 1.807) is 13.0 Å². The van der Waals surface area contributed by atoms with E-state index in [-0.39, 0.29) is 23.5 Å². The van der Waals surface area contributed by atoms with Crippen molar-refractivity contribution in [1.29, 1.82) is 0 Å². The molecule has 1 aliphatic heterocycles. The first-order chi connectivity index (χ1) is 13.9. The van der Waals surface area contributed by atoms with Crippen molar-refractivity contribution in [2.75, 3.05) is 5.32 Å². The number of pyridine rings is 1. The summed E-state index contributed by atoms with van der Waals surface area (Å²) in [6, 6.07) is 5.59. The van der Waals surface area contributed by atoms with E-state index in [9.17, 15) is 17.6 Å². The number of aryl methyl sites for hydroxylation is 1. The summed E-state index contributed by atoms with van der Waals surface area (Å²) in [5.41, 5.74) is 5.84. The largest absolute Gasteiger partial charge is 0.386 e. The number of fused-ring (bicyclic) bond motifs is 1. The van der Waals surface area contributed by atoms with Crippen LogP contribution in [0.15, 0.2) is 35.5 Å². The van der Waals surface area contributed by atoms with Gasteiger partial charge in [0.15, 0.2) is 9.84 Å². The normalized spacial score (nSPS) is 25.8. The van der Waals surface area contributed by atoms with Crippen molar-refractivity contribution in [1.82, 2.24) is 4.98 Å². The number of hydrogen-bond acceptors (Lipinski definition) is 6. The van der Waals surface area contributed by atoms with Crippen LogP contribution in [0.5, 0.6) is 0 Å². The molecule has 2 atom stereocenters. The molecule has 0 unspecified atom stereocenters. The average Bonchev–Trinajstić information content (AvgIpc) is 3.38. The zero-order valence-electron chi connectivity index (χ0n) is 16.5. The molecule has 1 saturated carbocycles. The fourth-order valence-electron chi connectivity index (χ4n) is 3.81. The number of benzene rings is 1. The fourth-order valence-corrected chi connectivity index (χ4v) is 6.23. The molecule has 0 saturated heterocycles. The number of aliphatic imine (C=N–C) groups is 1. The fraction of sp³-hybridized carbons (Fsp3) is 0.350. The second-order valence-electron chi connectivity index (χ2n) is 8.14. The van der Waals surface area contributed by atoms with Crippen LogP contribution in [0.3, 0.4) is 0 Å². The summed E-state index contributed by atoms with van der Waals surface area (Å²) >= 11 is 5.87. The van der Waals surface area contributed by atoms with E-state index in [2.05, 4.69) is 15.3 Å². The first kappa shape index (κ1) is 20.7. The molecule has 0 bridgehead atoms. The number of nitrogens with two attached hydrogens (primary N) is 1. The first-order valence-electron chi connectivity index (χ1n) is 9.23. The van der Waals surface area contributed by atoms with Crippen molar-refractivity contribution in [3.8, 4) is 0 Å². The van der Waals surface area contributed by atoms with Crippen molar-refractivity contribution in [2.24, 2.45) is 10.7 Å². The first-order valence-corrected chi connectivity index (χ1v) is 11.2. The Labute approximate surface area is 178 Å². The van der Waals surface area contributed by atoms with Gasteiger partial charge in [-0.15, -0.1) is 0 Å². The Hall–Kier alpha value is -2.52. The minimum absolute atomic E-state index is 0.0499. The van der Waals surface area contributed by atoms with Gasteiger partial charge >= 0.3 is 0 Å². The highest BCUT2D eigenvalue weighted by Gasteiger charge is 2.70. The molecule has 1 aromatic carbocycles. The van der Waals surface area contributed by atoms with Gasteiger partial charge in [0.2, 0.25) is 0 Å². The number of halogens is 2. The quantitative estimate of drug-likeness (QED) is 0.746. The topological polar surface area (TPSA) is 115 Å². The number of sulfone groups is 1. The summed E-state index contributed by atoms with van der Waals surface area (Å²) < 4.78 is 39.2. The van der Waals surface area contributed by atoms with E-state index in [1.165, 1.54) is 38.2 Å². The molecule has 3 N–H and O–H groups in total.